The van der Waals surface area contributed by atoms with Crippen molar-refractivity contribution in [3.63, 3.8) is 0 Å². The van der Waals surface area contributed by atoms with E-state index in [1.54, 1.807) is 0 Å². The summed E-state index contributed by atoms with van der Waals surface area (Å²) in [6, 6.07) is 0. The van der Waals surface area contributed by atoms with Gasteiger partial charge in [0.15, 0.2) is 5.78 Å². The summed E-state index contributed by atoms with van der Waals surface area (Å²) in [5.74, 6) is -0.0625. The Hall–Kier alpha value is -0.167. The molecule has 0 rings (SSSR count). The molecule has 0 aromatic rings. The predicted molar refractivity (Wildman–Crippen MR) is 27.1 cm³/mol. The van der Waals surface area contributed by atoms with Gasteiger partial charge in [-0.15, -0.1) is 0 Å². The van der Waals surface area contributed by atoms with Gasteiger partial charge in [-0.25, -0.2) is 0 Å². The van der Waals surface area contributed by atoms with E-state index >= 15 is 0 Å². The van der Waals surface area contributed by atoms with E-state index in [-0.39, 0.29) is 31.0 Å². The zero-order chi connectivity index (χ0) is 5.86. The van der Waals surface area contributed by atoms with E-state index in [4.69, 9.17) is 5.11 Å². The minimum Gasteiger partial charge on any atom is -0.512 e. The van der Waals surface area contributed by atoms with Crippen molar-refractivity contribution < 1.29 is 29.4 Å². The van der Waals surface area contributed by atoms with Crippen LogP contribution < -0.4 is 0 Å². The van der Waals surface area contributed by atoms with Crippen molar-refractivity contribution in [1.29, 1.82) is 0 Å². The van der Waals surface area contributed by atoms with E-state index in [0.29, 0.717) is 0 Å². The third kappa shape index (κ3) is 9.27. The Kier molecular flexibility index (Phi) is 6.69. The van der Waals surface area contributed by atoms with Gasteiger partial charge < -0.3 is 5.11 Å². The number of carbonyl (C=O) groups excluding carboxylic acids is 1. The molecule has 0 atom stereocenters. The van der Waals surface area contributed by atoms with Crippen LogP contribution in [-0.2, 0) is 24.3 Å². The number of carbonyl (C=O) groups is 1. The summed E-state index contributed by atoms with van der Waals surface area (Å²) in [4.78, 5) is 10.0. The number of aliphatic hydroxyl groups is 1. The van der Waals surface area contributed by atoms with Gasteiger partial charge in [-0.1, -0.05) is 0 Å². The van der Waals surface area contributed by atoms with Crippen molar-refractivity contribution >= 4 is 5.78 Å². The van der Waals surface area contributed by atoms with Gasteiger partial charge in [0.1, 0.15) is 0 Å². The first-order valence-corrected chi connectivity index (χ1v) is 2.01. The van der Waals surface area contributed by atoms with Crippen LogP contribution in [0.5, 0.6) is 0 Å². The second kappa shape index (κ2) is 4.98. The Bertz CT molecular complexity index is 103. The van der Waals surface area contributed by atoms with Crippen molar-refractivity contribution in [3.8, 4) is 0 Å². The average Bonchev–Trinajstić information content (AvgIpc) is 1.27. The van der Waals surface area contributed by atoms with Crippen LogP contribution in [0.25, 0.3) is 0 Å². The third-order valence-corrected chi connectivity index (χ3v) is 0.412. The molecular weight excluding hydrogens is 195 g/mol. The predicted octanol–water partition coefficient (Wildman–Crippen LogP) is 1.03. The molecule has 0 aliphatic carbocycles. The van der Waals surface area contributed by atoms with Crippen LogP contribution in [0.3, 0.4) is 0 Å². The second-order valence-corrected chi connectivity index (χ2v) is 1.40. The van der Waals surface area contributed by atoms with Gasteiger partial charge in [0.05, 0.1) is 5.76 Å². The summed E-state index contributed by atoms with van der Waals surface area (Å²) in [7, 11) is 0. The first-order valence-electron chi connectivity index (χ1n) is 2.01. The van der Waals surface area contributed by atoms with Crippen LogP contribution >= 0.6 is 0 Å². The maximum absolute atomic E-state index is 10.0. The van der Waals surface area contributed by atoms with E-state index in [2.05, 4.69) is 0 Å². The summed E-state index contributed by atoms with van der Waals surface area (Å²) in [5.41, 5.74) is 0. The largest absolute Gasteiger partial charge is 0.512 e. The van der Waals surface area contributed by atoms with E-state index < -0.39 is 0 Å². The summed E-state index contributed by atoms with van der Waals surface area (Å²) in [5, 5.41) is 8.36. The number of ketones is 1. The van der Waals surface area contributed by atoms with Gasteiger partial charge >= 0.3 is 0 Å². The molecule has 0 fully saturated rings. The van der Waals surface area contributed by atoms with E-state index in [1.807, 2.05) is 0 Å². The molecule has 0 heterocycles. The molecule has 2 nitrogen and oxygen atoms in total. The average molecular weight is 203 g/mol. The van der Waals surface area contributed by atoms with Gasteiger partial charge in [0.25, 0.3) is 0 Å². The molecule has 8 heavy (non-hydrogen) atoms. The van der Waals surface area contributed by atoms with Crippen molar-refractivity contribution in [2.24, 2.45) is 0 Å². The van der Waals surface area contributed by atoms with E-state index in [9.17, 15) is 4.79 Å². The number of allylic oxidation sites excluding steroid dienone is 2. The molecule has 0 saturated carbocycles. The maximum atomic E-state index is 10.0. The molecule has 49 valence electrons. The normalized spacial score (nSPS) is 10.0. The first-order chi connectivity index (χ1) is 3.13. The van der Waals surface area contributed by atoms with Gasteiger partial charge in [0.2, 0.25) is 0 Å². The van der Waals surface area contributed by atoms with Crippen molar-refractivity contribution in [1.82, 2.24) is 0 Å². The molecule has 0 unspecified atom stereocenters. The SMILES string of the molecule is CC(=O)C=C(C)O.[Rh]. The third-order valence-electron chi connectivity index (χ3n) is 0.412. The molecule has 0 spiro atoms. The quantitative estimate of drug-likeness (QED) is 0.392. The molecule has 0 amide bonds. The summed E-state index contributed by atoms with van der Waals surface area (Å²) >= 11 is 0. The molecule has 0 aliphatic rings. The zero-order valence-electron chi connectivity index (χ0n) is 4.77. The van der Waals surface area contributed by atoms with Crippen LogP contribution in [-0.4, -0.2) is 10.9 Å². The van der Waals surface area contributed by atoms with Gasteiger partial charge in [-0.3, -0.25) is 4.79 Å². The van der Waals surface area contributed by atoms with Crippen LogP contribution in [0.15, 0.2) is 11.8 Å². The Morgan fingerprint density at radius 1 is 1.50 bits per heavy atom. The fraction of sp³-hybridized carbons (Fsp3) is 0.400. The van der Waals surface area contributed by atoms with Gasteiger partial charge in [-0.05, 0) is 13.8 Å². The Morgan fingerprint density at radius 2 is 1.88 bits per heavy atom. The molecular formula is C5H8O2Rh. The van der Waals surface area contributed by atoms with Crippen molar-refractivity contribution in [2.75, 3.05) is 0 Å². The van der Waals surface area contributed by atoms with Crippen LogP contribution in [0.4, 0.5) is 0 Å². The first kappa shape index (κ1) is 10.7. The monoisotopic (exact) mass is 203 g/mol. The van der Waals surface area contributed by atoms with Crippen LogP contribution in [0, 0.1) is 0 Å². The molecule has 0 aromatic carbocycles. The fourth-order valence-electron chi connectivity index (χ4n) is 0.294. The van der Waals surface area contributed by atoms with Crippen LogP contribution in [0.1, 0.15) is 13.8 Å². The molecule has 0 aliphatic heterocycles. The molecule has 0 bridgehead atoms. The van der Waals surface area contributed by atoms with Gasteiger partial charge in [-0.2, -0.15) is 0 Å². The number of hydrogen-bond acceptors (Lipinski definition) is 2. The molecule has 1 N–H and O–H groups in total. The van der Waals surface area contributed by atoms with Gasteiger partial charge in [0, 0.05) is 25.6 Å². The van der Waals surface area contributed by atoms with Crippen molar-refractivity contribution in [2.45, 2.75) is 13.8 Å². The number of rotatable bonds is 1. The molecule has 0 aromatic heterocycles. The smallest absolute Gasteiger partial charge is 0.155 e. The minimum atomic E-state index is -0.125. The molecule has 0 saturated heterocycles. The second-order valence-electron chi connectivity index (χ2n) is 1.40. The zero-order valence-corrected chi connectivity index (χ0v) is 6.40. The maximum Gasteiger partial charge on any atom is 0.155 e. The van der Waals surface area contributed by atoms with E-state index in [1.165, 1.54) is 19.9 Å². The summed E-state index contributed by atoms with van der Waals surface area (Å²) in [6.45, 7) is 2.85. The summed E-state index contributed by atoms with van der Waals surface area (Å²) in [6.07, 6.45) is 1.17. The number of hydrogen-bond donors (Lipinski definition) is 1. The Morgan fingerprint density at radius 3 is 1.88 bits per heavy atom. The Balaban J connectivity index is 0. The Labute approximate surface area is 61.3 Å². The standard InChI is InChI=1S/C5H8O2.Rh/c1-4(6)3-5(2)7;/h3,6H,1-2H3;. The molecule has 1 radical (unpaired) electrons. The fourth-order valence-corrected chi connectivity index (χ4v) is 0.294. The number of aliphatic hydroxyl groups excluding tert-OH is 1. The molecule has 3 heteroatoms. The topological polar surface area (TPSA) is 37.3 Å². The summed E-state index contributed by atoms with van der Waals surface area (Å²) < 4.78 is 0. The minimum absolute atomic E-state index is 0. The van der Waals surface area contributed by atoms with E-state index in [0.717, 1.165) is 0 Å². The van der Waals surface area contributed by atoms with Crippen LogP contribution in [0.2, 0.25) is 0 Å². The van der Waals surface area contributed by atoms with Crippen molar-refractivity contribution in [3.05, 3.63) is 11.8 Å².